The molecule has 8 nitrogen and oxygen atoms in total. The van der Waals surface area contributed by atoms with Gasteiger partial charge in [-0.3, -0.25) is 9.59 Å². The van der Waals surface area contributed by atoms with Gasteiger partial charge in [0.2, 0.25) is 11.8 Å². The molecule has 2 amide bonds. The molecule has 2 atom stereocenters. The van der Waals surface area contributed by atoms with Gasteiger partial charge in [-0.25, -0.2) is 4.98 Å². The third-order valence-electron chi connectivity index (χ3n) is 7.06. The minimum absolute atomic E-state index is 0.0161. The van der Waals surface area contributed by atoms with Crippen molar-refractivity contribution < 1.29 is 14.3 Å². The minimum atomic E-state index is -0.0161. The second-order valence-electron chi connectivity index (χ2n) is 9.10. The molecule has 180 valence electrons. The fourth-order valence-corrected chi connectivity index (χ4v) is 6.40. The minimum Gasteiger partial charge on any atom is -0.497 e. The molecule has 5 rings (SSSR count). The highest BCUT2D eigenvalue weighted by Gasteiger charge is 2.46. The fraction of sp³-hybridized carbons (Fsp3) is 0.480. The van der Waals surface area contributed by atoms with E-state index in [0.717, 1.165) is 46.9 Å². The highest BCUT2D eigenvalue weighted by molar-refractivity contribution is 7.16. The van der Waals surface area contributed by atoms with Crippen LogP contribution in [0, 0.1) is 11.8 Å². The lowest BCUT2D eigenvalue weighted by molar-refractivity contribution is -0.132. The number of hydrogen-bond acceptors (Lipinski definition) is 6. The summed E-state index contributed by atoms with van der Waals surface area (Å²) in [7, 11) is 1.69. The number of carbonyl (C=O) groups is 2. The number of nitrogens with two attached hydrogens (primary N) is 1. The Labute approximate surface area is 203 Å². The standard InChI is InChI=1S/C25H31N5O3S/c1-33-21-5-3-2-4-16(21)18-12-19(18)24(32)28-25-20(13-26)17-6-10-30(14-22(17)34-25)23(31)7-9-29-11-8-27-15-29/h3,5,8,11,15,18-19H,2,4,6-7,9-10,12-14,26H2,1H3,(H,28,32). The molecule has 1 aliphatic heterocycles. The number of fused-ring (bicyclic) bond motifs is 1. The zero-order chi connectivity index (χ0) is 23.7. The van der Waals surface area contributed by atoms with Gasteiger partial charge in [-0.1, -0.05) is 6.08 Å². The van der Waals surface area contributed by atoms with Crippen molar-refractivity contribution in [2.75, 3.05) is 19.0 Å². The molecular formula is C25H31N5O3S. The molecular weight excluding hydrogens is 450 g/mol. The third kappa shape index (κ3) is 4.54. The third-order valence-corrected chi connectivity index (χ3v) is 8.24. The van der Waals surface area contributed by atoms with E-state index in [4.69, 9.17) is 10.5 Å². The molecule has 2 unspecified atom stereocenters. The fourth-order valence-electron chi connectivity index (χ4n) is 5.10. The Balaban J connectivity index is 1.23. The van der Waals surface area contributed by atoms with Crippen LogP contribution >= 0.6 is 11.3 Å². The number of aromatic nitrogens is 2. The maximum absolute atomic E-state index is 13.1. The van der Waals surface area contributed by atoms with Crippen LogP contribution in [0.1, 0.15) is 41.7 Å². The van der Waals surface area contributed by atoms with Gasteiger partial charge in [-0.2, -0.15) is 0 Å². The van der Waals surface area contributed by atoms with Gasteiger partial charge in [0.15, 0.2) is 0 Å². The summed E-state index contributed by atoms with van der Waals surface area (Å²) in [5.41, 5.74) is 9.59. The number of nitrogens with zero attached hydrogens (tertiary/aromatic N) is 3. The number of allylic oxidation sites excluding steroid dienone is 3. The summed E-state index contributed by atoms with van der Waals surface area (Å²) in [5, 5.41) is 4.02. The van der Waals surface area contributed by atoms with Crippen LogP contribution in [0.2, 0.25) is 0 Å². The number of rotatable bonds is 8. The molecule has 2 aliphatic carbocycles. The van der Waals surface area contributed by atoms with Crippen LogP contribution in [0.25, 0.3) is 0 Å². The van der Waals surface area contributed by atoms with Gasteiger partial charge >= 0.3 is 0 Å². The van der Waals surface area contributed by atoms with E-state index < -0.39 is 0 Å². The normalized spacial score (nSPS) is 21.4. The van der Waals surface area contributed by atoms with E-state index >= 15 is 0 Å². The number of hydrogen-bond donors (Lipinski definition) is 2. The molecule has 0 bridgehead atoms. The number of amides is 2. The van der Waals surface area contributed by atoms with Crippen molar-refractivity contribution in [1.29, 1.82) is 0 Å². The Morgan fingerprint density at radius 2 is 2.24 bits per heavy atom. The van der Waals surface area contributed by atoms with Crippen molar-refractivity contribution in [3.63, 3.8) is 0 Å². The molecule has 34 heavy (non-hydrogen) atoms. The number of methoxy groups -OCH3 is 1. The summed E-state index contributed by atoms with van der Waals surface area (Å²) in [6.07, 6.45) is 13.5. The lowest BCUT2D eigenvalue weighted by atomic mass is 9.98. The first kappa shape index (κ1) is 22.9. The smallest absolute Gasteiger partial charge is 0.228 e. The predicted molar refractivity (Wildman–Crippen MR) is 131 cm³/mol. The van der Waals surface area contributed by atoms with Crippen LogP contribution in [0.4, 0.5) is 5.00 Å². The number of anilines is 1. The van der Waals surface area contributed by atoms with Crippen LogP contribution in [0.5, 0.6) is 0 Å². The van der Waals surface area contributed by atoms with E-state index in [1.807, 2.05) is 21.7 Å². The molecule has 9 heteroatoms. The molecule has 0 saturated heterocycles. The SMILES string of the molecule is COC1=C(C2CC2C(=O)Nc2sc3c(c2CN)CCN(C(=O)CCn2ccnc2)C3)CCC=C1. The topological polar surface area (TPSA) is 102 Å². The Morgan fingerprint density at radius 1 is 1.35 bits per heavy atom. The zero-order valence-corrected chi connectivity index (χ0v) is 20.3. The monoisotopic (exact) mass is 481 g/mol. The summed E-state index contributed by atoms with van der Waals surface area (Å²) in [5.74, 6) is 1.36. The summed E-state index contributed by atoms with van der Waals surface area (Å²) in [6.45, 7) is 2.27. The maximum atomic E-state index is 13.1. The van der Waals surface area contributed by atoms with Crippen molar-refractivity contribution >= 4 is 28.2 Å². The van der Waals surface area contributed by atoms with Crippen LogP contribution in [0.15, 0.2) is 42.2 Å². The quantitative estimate of drug-likeness (QED) is 0.603. The molecule has 0 spiro atoms. The first-order chi connectivity index (χ1) is 16.6. The van der Waals surface area contributed by atoms with E-state index in [0.29, 0.717) is 32.6 Å². The van der Waals surface area contributed by atoms with E-state index in [-0.39, 0.29) is 23.7 Å². The molecule has 3 heterocycles. The first-order valence-corrected chi connectivity index (χ1v) is 12.7. The van der Waals surface area contributed by atoms with Crippen LogP contribution in [-0.4, -0.2) is 39.9 Å². The number of aryl methyl sites for hydroxylation is 1. The number of imidazole rings is 1. The number of carbonyl (C=O) groups excluding carboxylic acids is 2. The highest BCUT2D eigenvalue weighted by atomic mass is 32.1. The molecule has 0 radical (unpaired) electrons. The van der Waals surface area contributed by atoms with Crippen molar-refractivity contribution in [3.05, 3.63) is 58.2 Å². The molecule has 2 aromatic rings. The van der Waals surface area contributed by atoms with Crippen LogP contribution < -0.4 is 11.1 Å². The summed E-state index contributed by atoms with van der Waals surface area (Å²) >= 11 is 1.57. The van der Waals surface area contributed by atoms with Crippen LogP contribution in [-0.2, 0) is 40.4 Å². The molecule has 3 aliphatic rings. The van der Waals surface area contributed by atoms with Crippen molar-refractivity contribution in [1.82, 2.24) is 14.5 Å². The predicted octanol–water partition coefficient (Wildman–Crippen LogP) is 3.20. The zero-order valence-electron chi connectivity index (χ0n) is 19.5. The lowest BCUT2D eigenvalue weighted by Crippen LogP contribution is -2.36. The molecule has 2 aromatic heterocycles. The van der Waals surface area contributed by atoms with Gasteiger partial charge in [0.1, 0.15) is 10.8 Å². The van der Waals surface area contributed by atoms with Gasteiger partial charge in [0.25, 0.3) is 0 Å². The average Bonchev–Trinajstić information content (AvgIpc) is 3.33. The number of ether oxygens (including phenoxy) is 1. The maximum Gasteiger partial charge on any atom is 0.228 e. The molecule has 1 fully saturated rings. The first-order valence-electron chi connectivity index (χ1n) is 11.9. The summed E-state index contributed by atoms with van der Waals surface area (Å²) < 4.78 is 7.44. The van der Waals surface area contributed by atoms with Gasteiger partial charge in [-0.15, -0.1) is 11.3 Å². The van der Waals surface area contributed by atoms with Gasteiger partial charge in [0.05, 0.1) is 20.0 Å². The number of nitrogens with one attached hydrogen (secondary N) is 1. The lowest BCUT2D eigenvalue weighted by Gasteiger charge is -2.27. The van der Waals surface area contributed by atoms with Crippen molar-refractivity contribution in [3.8, 4) is 0 Å². The largest absolute Gasteiger partial charge is 0.497 e. The Bertz CT molecular complexity index is 1130. The van der Waals surface area contributed by atoms with Gasteiger partial charge < -0.3 is 25.3 Å². The Kier molecular flexibility index (Phi) is 6.56. The average molecular weight is 482 g/mol. The Hall–Kier alpha value is -2.91. The van der Waals surface area contributed by atoms with Gasteiger partial charge in [-0.05, 0) is 48.8 Å². The van der Waals surface area contributed by atoms with Crippen LogP contribution in [0.3, 0.4) is 0 Å². The van der Waals surface area contributed by atoms with E-state index in [1.165, 1.54) is 11.1 Å². The molecule has 0 aromatic carbocycles. The Morgan fingerprint density at radius 3 is 3.00 bits per heavy atom. The highest BCUT2D eigenvalue weighted by Crippen LogP contribution is 2.49. The summed E-state index contributed by atoms with van der Waals surface area (Å²) in [6, 6.07) is 0. The van der Waals surface area contributed by atoms with E-state index in [2.05, 4.69) is 16.4 Å². The second kappa shape index (κ2) is 9.76. The van der Waals surface area contributed by atoms with Gasteiger partial charge in [0, 0.05) is 54.8 Å². The van der Waals surface area contributed by atoms with E-state index in [1.54, 1.807) is 31.0 Å². The van der Waals surface area contributed by atoms with E-state index in [9.17, 15) is 9.59 Å². The van der Waals surface area contributed by atoms with Crippen molar-refractivity contribution in [2.24, 2.45) is 17.6 Å². The van der Waals surface area contributed by atoms with Crippen molar-refractivity contribution in [2.45, 2.75) is 51.7 Å². The molecule has 3 N–H and O–H groups in total. The second-order valence-corrected chi connectivity index (χ2v) is 10.2. The summed E-state index contributed by atoms with van der Waals surface area (Å²) in [4.78, 5) is 32.9. The molecule has 1 saturated carbocycles. The number of thiophene rings is 1.